The van der Waals surface area contributed by atoms with E-state index < -0.39 is 0 Å². The van der Waals surface area contributed by atoms with E-state index in [0.717, 1.165) is 33.6 Å². The number of carbonyl (C=O) groups is 1. The van der Waals surface area contributed by atoms with Gasteiger partial charge < -0.3 is 15.6 Å². The van der Waals surface area contributed by atoms with Crippen LogP contribution in [-0.2, 0) is 19.6 Å². The highest BCUT2D eigenvalue weighted by molar-refractivity contribution is 7.17. The summed E-state index contributed by atoms with van der Waals surface area (Å²) in [5, 5.41) is 8.26. The van der Waals surface area contributed by atoms with E-state index in [4.69, 9.17) is 17.3 Å². The number of halogens is 1. The molecule has 0 radical (unpaired) electrons. The second kappa shape index (κ2) is 8.79. The van der Waals surface area contributed by atoms with Crippen molar-refractivity contribution in [2.75, 3.05) is 0 Å². The Morgan fingerprint density at radius 2 is 1.84 bits per heavy atom. The highest BCUT2D eigenvalue weighted by Gasteiger charge is 2.12. The number of hydrogen-bond donors (Lipinski definition) is 2. The van der Waals surface area contributed by atoms with E-state index in [1.807, 2.05) is 42.5 Å². The lowest BCUT2D eigenvalue weighted by Crippen LogP contribution is -2.22. The molecule has 0 saturated carbocycles. The fraction of sp³-hybridized carbons (Fsp3) is 0.115. The lowest BCUT2D eigenvalue weighted by molar-refractivity contribution is 0.0951. The maximum absolute atomic E-state index is 12.4. The van der Waals surface area contributed by atoms with Crippen LogP contribution in [0.2, 0.25) is 5.02 Å². The molecule has 0 spiro atoms. The van der Waals surface area contributed by atoms with Crippen LogP contribution in [0.1, 0.15) is 27.0 Å². The summed E-state index contributed by atoms with van der Waals surface area (Å²) >= 11 is 7.96. The molecule has 0 aliphatic rings. The first kappa shape index (κ1) is 20.8. The Morgan fingerprint density at radius 1 is 1.00 bits per heavy atom. The molecule has 0 unspecified atom stereocenters. The second-order valence-corrected chi connectivity index (χ2v) is 9.14. The average molecular weight is 460 g/mol. The lowest BCUT2D eigenvalue weighted by atomic mass is 10.1. The van der Waals surface area contributed by atoms with E-state index in [1.54, 1.807) is 11.3 Å². The quantitative estimate of drug-likeness (QED) is 0.330. The Labute approximate surface area is 195 Å². The maximum atomic E-state index is 12.4. The number of amides is 1. The number of hydrogen-bond acceptors (Lipinski definition) is 3. The van der Waals surface area contributed by atoms with Crippen LogP contribution < -0.4 is 11.1 Å². The van der Waals surface area contributed by atoms with Crippen molar-refractivity contribution in [3.05, 3.63) is 106 Å². The van der Waals surface area contributed by atoms with Gasteiger partial charge in [0, 0.05) is 52.0 Å². The van der Waals surface area contributed by atoms with E-state index in [1.165, 1.54) is 15.6 Å². The van der Waals surface area contributed by atoms with Gasteiger partial charge in [0.05, 0.1) is 0 Å². The summed E-state index contributed by atoms with van der Waals surface area (Å²) < 4.78 is 3.48. The van der Waals surface area contributed by atoms with Crippen LogP contribution in [0, 0.1) is 0 Å². The Kier molecular flexibility index (Phi) is 5.70. The van der Waals surface area contributed by atoms with Crippen molar-refractivity contribution < 1.29 is 4.79 Å². The van der Waals surface area contributed by atoms with Gasteiger partial charge in [-0.05, 0) is 69.9 Å². The molecule has 32 heavy (non-hydrogen) atoms. The number of nitrogens with one attached hydrogen (secondary N) is 1. The molecule has 0 atom stereocenters. The average Bonchev–Trinajstić information content (AvgIpc) is 3.38. The predicted octanol–water partition coefficient (Wildman–Crippen LogP) is 5.95. The van der Waals surface area contributed by atoms with Crippen molar-refractivity contribution in [3.8, 4) is 0 Å². The van der Waals surface area contributed by atoms with Crippen LogP contribution in [0.3, 0.4) is 0 Å². The molecule has 2 heterocycles. The van der Waals surface area contributed by atoms with Gasteiger partial charge in [0.25, 0.3) is 5.91 Å². The van der Waals surface area contributed by atoms with Gasteiger partial charge in [0.1, 0.15) is 0 Å². The monoisotopic (exact) mass is 459 g/mol. The molecule has 5 rings (SSSR count). The zero-order valence-corrected chi connectivity index (χ0v) is 18.9. The third-order valence-corrected chi connectivity index (χ3v) is 6.94. The van der Waals surface area contributed by atoms with Crippen LogP contribution >= 0.6 is 22.9 Å². The molecule has 160 valence electrons. The van der Waals surface area contributed by atoms with E-state index in [-0.39, 0.29) is 5.91 Å². The van der Waals surface area contributed by atoms with Crippen molar-refractivity contribution in [1.82, 2.24) is 9.88 Å². The number of aromatic nitrogens is 1. The molecule has 0 bridgehead atoms. The summed E-state index contributed by atoms with van der Waals surface area (Å²) in [6.45, 7) is 1.67. The van der Waals surface area contributed by atoms with Crippen LogP contribution in [-0.4, -0.2) is 10.5 Å². The summed E-state index contributed by atoms with van der Waals surface area (Å²) in [7, 11) is 0. The van der Waals surface area contributed by atoms with Crippen LogP contribution in [0.25, 0.3) is 21.0 Å². The van der Waals surface area contributed by atoms with Crippen molar-refractivity contribution >= 4 is 49.8 Å². The summed E-state index contributed by atoms with van der Waals surface area (Å²) in [6.07, 6.45) is 2.13. The van der Waals surface area contributed by atoms with E-state index in [0.29, 0.717) is 18.7 Å². The number of thiophene rings is 1. The van der Waals surface area contributed by atoms with Gasteiger partial charge in [-0.15, -0.1) is 11.3 Å². The fourth-order valence-corrected chi connectivity index (χ4v) is 5.16. The highest BCUT2D eigenvalue weighted by atomic mass is 35.5. The summed E-state index contributed by atoms with van der Waals surface area (Å²) in [5.41, 5.74) is 11.2. The molecule has 3 N–H and O–H groups in total. The Bertz CT molecular complexity index is 1420. The molecule has 4 nitrogen and oxygen atoms in total. The van der Waals surface area contributed by atoms with Gasteiger partial charge in [0.2, 0.25) is 0 Å². The minimum atomic E-state index is -0.0784. The number of carbonyl (C=O) groups excluding carboxylic acids is 1. The van der Waals surface area contributed by atoms with Crippen LogP contribution in [0.15, 0.2) is 78.3 Å². The standard InChI is InChI=1S/C26H22ClN3OS/c27-21-7-9-25-23(11-21)20(16-32-25)15-30-14-19(12-28)22-10-17(6-8-24(22)30)13-29-26(31)18-4-2-1-3-5-18/h1-11,14,16H,12-13,15,28H2,(H,29,31). The minimum Gasteiger partial charge on any atom is -0.348 e. The topological polar surface area (TPSA) is 60.0 Å². The van der Waals surface area contributed by atoms with Crippen LogP contribution in [0.5, 0.6) is 0 Å². The zero-order valence-electron chi connectivity index (χ0n) is 17.3. The third kappa shape index (κ3) is 4.02. The number of nitrogens with zero attached hydrogens (tertiary/aromatic N) is 1. The number of fused-ring (bicyclic) bond motifs is 2. The predicted molar refractivity (Wildman–Crippen MR) is 133 cm³/mol. The molecule has 0 aliphatic carbocycles. The van der Waals surface area contributed by atoms with Gasteiger partial charge in [-0.3, -0.25) is 4.79 Å². The van der Waals surface area contributed by atoms with Gasteiger partial charge in [-0.25, -0.2) is 0 Å². The van der Waals surface area contributed by atoms with Gasteiger partial charge in [-0.1, -0.05) is 35.9 Å². The van der Waals surface area contributed by atoms with Crippen molar-refractivity contribution in [1.29, 1.82) is 0 Å². The molecule has 1 amide bonds. The van der Waals surface area contributed by atoms with Crippen LogP contribution in [0.4, 0.5) is 0 Å². The maximum Gasteiger partial charge on any atom is 0.251 e. The summed E-state index contributed by atoms with van der Waals surface area (Å²) in [5.74, 6) is -0.0784. The zero-order chi connectivity index (χ0) is 22.1. The SMILES string of the molecule is NCc1cn(Cc2csc3ccc(Cl)cc23)c2ccc(CNC(=O)c3ccccc3)cc12. The molecule has 5 aromatic rings. The van der Waals surface area contributed by atoms with Crippen molar-refractivity contribution in [2.24, 2.45) is 5.73 Å². The molecule has 6 heteroatoms. The normalized spacial score (nSPS) is 11.3. The van der Waals surface area contributed by atoms with E-state index in [2.05, 4.69) is 45.7 Å². The van der Waals surface area contributed by atoms with Gasteiger partial charge >= 0.3 is 0 Å². The molecule has 2 aromatic heterocycles. The number of nitrogens with two attached hydrogens (primary N) is 1. The molecular weight excluding hydrogens is 438 g/mol. The first-order chi connectivity index (χ1) is 15.6. The first-order valence-corrected chi connectivity index (χ1v) is 11.7. The molecule has 3 aromatic carbocycles. The van der Waals surface area contributed by atoms with E-state index in [9.17, 15) is 4.79 Å². The van der Waals surface area contributed by atoms with Gasteiger partial charge in [-0.2, -0.15) is 0 Å². The third-order valence-electron chi connectivity index (χ3n) is 5.69. The Hall–Kier alpha value is -3.12. The van der Waals surface area contributed by atoms with E-state index >= 15 is 0 Å². The molecule has 0 aliphatic heterocycles. The van der Waals surface area contributed by atoms with Crippen molar-refractivity contribution in [2.45, 2.75) is 19.6 Å². The second-order valence-electron chi connectivity index (χ2n) is 7.79. The lowest BCUT2D eigenvalue weighted by Gasteiger charge is -2.08. The first-order valence-electron chi connectivity index (χ1n) is 10.4. The Morgan fingerprint density at radius 3 is 2.66 bits per heavy atom. The van der Waals surface area contributed by atoms with Crippen molar-refractivity contribution in [3.63, 3.8) is 0 Å². The number of benzene rings is 3. The largest absolute Gasteiger partial charge is 0.348 e. The number of rotatable bonds is 6. The minimum absolute atomic E-state index is 0.0784. The van der Waals surface area contributed by atoms with Gasteiger partial charge in [0.15, 0.2) is 0 Å². The molecule has 0 fully saturated rings. The summed E-state index contributed by atoms with van der Waals surface area (Å²) in [6, 6.07) is 21.6. The highest BCUT2D eigenvalue weighted by Crippen LogP contribution is 2.31. The molecular formula is C26H22ClN3OS. The molecule has 0 saturated heterocycles. The smallest absolute Gasteiger partial charge is 0.251 e. The summed E-state index contributed by atoms with van der Waals surface area (Å²) in [4.78, 5) is 12.4. The Balaban J connectivity index is 1.41. The fourth-order valence-electron chi connectivity index (χ4n) is 4.06.